The van der Waals surface area contributed by atoms with Crippen LogP contribution in [-0.2, 0) is 4.79 Å². The molecule has 2 atom stereocenters. The molecule has 4 nitrogen and oxygen atoms in total. The normalized spacial score (nSPS) is 14.0. The summed E-state index contributed by atoms with van der Waals surface area (Å²) in [6.45, 7) is 4.15. The molecule has 2 unspecified atom stereocenters. The summed E-state index contributed by atoms with van der Waals surface area (Å²) in [5.74, 6) is -0.0982. The van der Waals surface area contributed by atoms with E-state index in [2.05, 4.69) is 116 Å². The minimum Gasteiger partial charge on any atom is -0.394 e. The van der Waals surface area contributed by atoms with Crippen molar-refractivity contribution in [1.82, 2.24) is 5.32 Å². The minimum atomic E-state index is -0.884. The highest BCUT2D eigenvalue weighted by molar-refractivity contribution is 5.76. The molecule has 0 rings (SSSR count). The van der Waals surface area contributed by atoms with E-state index in [1.54, 1.807) is 6.08 Å². The molecule has 0 spiro atoms. The lowest BCUT2D eigenvalue weighted by Gasteiger charge is -2.19. The van der Waals surface area contributed by atoms with Gasteiger partial charge in [0, 0.05) is 6.42 Å². The van der Waals surface area contributed by atoms with Crippen molar-refractivity contribution >= 4 is 5.91 Å². The van der Waals surface area contributed by atoms with Crippen molar-refractivity contribution in [2.45, 2.75) is 199 Å². The van der Waals surface area contributed by atoms with Gasteiger partial charge in [-0.1, -0.05) is 194 Å². The largest absolute Gasteiger partial charge is 0.394 e. The van der Waals surface area contributed by atoms with Crippen molar-refractivity contribution in [2.75, 3.05) is 6.61 Å². The van der Waals surface area contributed by atoms with Crippen LogP contribution in [0.3, 0.4) is 0 Å². The summed E-state index contributed by atoms with van der Waals surface area (Å²) in [5, 5.41) is 23.0. The van der Waals surface area contributed by atoms with Gasteiger partial charge in [0.25, 0.3) is 0 Å². The van der Waals surface area contributed by atoms with Crippen LogP contribution in [0.15, 0.2) is 109 Å². The quantitative estimate of drug-likeness (QED) is 0.0432. The maximum atomic E-state index is 12.4. The number of nitrogens with one attached hydrogen (secondary N) is 1. The summed E-state index contributed by atoms with van der Waals surface area (Å²) in [7, 11) is 0. The van der Waals surface area contributed by atoms with Crippen LogP contribution in [0.4, 0.5) is 0 Å². The van der Waals surface area contributed by atoms with E-state index in [4.69, 9.17) is 0 Å². The lowest BCUT2D eigenvalue weighted by Crippen LogP contribution is -2.45. The zero-order valence-electron chi connectivity index (χ0n) is 35.6. The van der Waals surface area contributed by atoms with Crippen molar-refractivity contribution in [2.24, 2.45) is 0 Å². The summed E-state index contributed by atoms with van der Waals surface area (Å²) in [6.07, 6.45) is 69.1. The third-order valence-electron chi connectivity index (χ3n) is 9.47. The molecule has 0 aliphatic rings. The predicted octanol–water partition coefficient (Wildman–Crippen LogP) is 14.4. The first-order chi connectivity index (χ1) is 27.2. The van der Waals surface area contributed by atoms with Gasteiger partial charge < -0.3 is 15.5 Å². The van der Waals surface area contributed by atoms with Gasteiger partial charge in [-0.3, -0.25) is 4.79 Å². The number of allylic oxidation sites excluding steroid dienone is 17. The van der Waals surface area contributed by atoms with Gasteiger partial charge in [0.2, 0.25) is 5.91 Å². The monoisotopic (exact) mass is 760 g/mol. The number of aliphatic hydroxyl groups excluding tert-OH is 2. The number of hydrogen-bond acceptors (Lipinski definition) is 3. The Labute approximate surface area is 340 Å². The van der Waals surface area contributed by atoms with E-state index in [1.807, 2.05) is 6.08 Å². The molecule has 0 aromatic heterocycles. The smallest absolute Gasteiger partial charge is 0.220 e. The van der Waals surface area contributed by atoms with Gasteiger partial charge in [-0.25, -0.2) is 0 Å². The van der Waals surface area contributed by atoms with E-state index in [0.717, 1.165) is 89.9 Å². The molecule has 0 aliphatic carbocycles. The fourth-order valence-electron chi connectivity index (χ4n) is 6.03. The topological polar surface area (TPSA) is 69.6 Å². The highest BCUT2D eigenvalue weighted by atomic mass is 16.3. The SMILES string of the molecule is CC/C=C\C/C=C\C/C=C\C/C=C\C/C=C\C/C=C\CCCCCCCCC(=O)NC(CO)C(O)/C=C/CC/C=C/CC/C=C/CCCCCCCCCC. The van der Waals surface area contributed by atoms with E-state index in [0.29, 0.717) is 6.42 Å². The number of aliphatic hydroxyl groups is 2. The maximum absolute atomic E-state index is 12.4. The Morgan fingerprint density at radius 1 is 0.455 bits per heavy atom. The zero-order valence-corrected chi connectivity index (χ0v) is 35.6. The Kier molecular flexibility index (Phi) is 43.0. The van der Waals surface area contributed by atoms with Crippen LogP contribution < -0.4 is 5.32 Å². The van der Waals surface area contributed by atoms with Crippen molar-refractivity contribution in [3.8, 4) is 0 Å². The predicted molar refractivity (Wildman–Crippen MR) is 243 cm³/mol. The summed E-state index contributed by atoms with van der Waals surface area (Å²) in [4.78, 5) is 12.4. The van der Waals surface area contributed by atoms with Gasteiger partial charge in [0.1, 0.15) is 0 Å². The van der Waals surface area contributed by atoms with Crippen LogP contribution in [-0.4, -0.2) is 34.9 Å². The molecule has 0 aromatic rings. The second-order valence-corrected chi connectivity index (χ2v) is 14.7. The van der Waals surface area contributed by atoms with Crippen molar-refractivity contribution in [3.05, 3.63) is 109 Å². The van der Waals surface area contributed by atoms with Crippen LogP contribution in [0, 0.1) is 0 Å². The molecule has 0 saturated carbocycles. The summed E-state index contributed by atoms with van der Waals surface area (Å²) >= 11 is 0. The number of amides is 1. The van der Waals surface area contributed by atoms with Gasteiger partial charge in [0.05, 0.1) is 18.8 Å². The van der Waals surface area contributed by atoms with E-state index < -0.39 is 12.1 Å². The van der Waals surface area contributed by atoms with Crippen LogP contribution in [0.2, 0.25) is 0 Å². The molecule has 1 amide bonds. The average molecular weight is 760 g/mol. The standard InChI is InChI=1S/C51H85NO3/c1-3-5-7-9-11-13-15-17-19-21-23-24-25-26-27-28-29-31-33-35-37-39-41-43-45-47-51(55)52-49(48-53)50(54)46-44-42-40-38-36-34-32-30-22-20-18-16-14-12-10-8-6-4-2/h5,7,11,13,17,19,22-24,26-27,29-31,36,38,44,46,49-50,53-54H,3-4,6,8-10,12,14-16,18,20-21,25,28,32-35,37,39-43,45,47-48H2,1-2H3,(H,52,55)/b7-5-,13-11-,19-17-,24-23-,27-26-,30-22+,31-29-,38-36+,46-44+. The molecule has 3 N–H and O–H groups in total. The fraction of sp³-hybridized carbons (Fsp3) is 0.627. The van der Waals surface area contributed by atoms with Crippen molar-refractivity contribution in [3.63, 3.8) is 0 Å². The van der Waals surface area contributed by atoms with E-state index in [-0.39, 0.29) is 12.5 Å². The molecular weight excluding hydrogens is 675 g/mol. The molecule has 4 heteroatoms. The molecule has 0 saturated heterocycles. The molecule has 0 radical (unpaired) electrons. The highest BCUT2D eigenvalue weighted by Crippen LogP contribution is 2.11. The van der Waals surface area contributed by atoms with Gasteiger partial charge in [-0.2, -0.15) is 0 Å². The lowest BCUT2D eigenvalue weighted by atomic mass is 10.1. The summed E-state index contributed by atoms with van der Waals surface area (Å²) in [6, 6.07) is -0.661. The number of carbonyl (C=O) groups excluding carboxylic acids is 1. The first-order valence-corrected chi connectivity index (χ1v) is 22.6. The third-order valence-corrected chi connectivity index (χ3v) is 9.47. The fourth-order valence-corrected chi connectivity index (χ4v) is 6.03. The van der Waals surface area contributed by atoms with E-state index in [9.17, 15) is 15.0 Å². The number of rotatable bonds is 39. The van der Waals surface area contributed by atoms with Crippen LogP contribution in [0.25, 0.3) is 0 Å². The van der Waals surface area contributed by atoms with E-state index in [1.165, 1.54) is 77.0 Å². The Morgan fingerprint density at radius 3 is 1.27 bits per heavy atom. The Morgan fingerprint density at radius 2 is 0.818 bits per heavy atom. The lowest BCUT2D eigenvalue weighted by molar-refractivity contribution is -0.123. The Bertz CT molecular complexity index is 1090. The highest BCUT2D eigenvalue weighted by Gasteiger charge is 2.17. The molecule has 0 fully saturated rings. The molecule has 0 aliphatic heterocycles. The maximum Gasteiger partial charge on any atom is 0.220 e. The first kappa shape index (κ1) is 52.1. The molecule has 0 aromatic carbocycles. The minimum absolute atomic E-state index is 0.0982. The zero-order chi connectivity index (χ0) is 40.0. The van der Waals surface area contributed by atoms with Gasteiger partial charge >= 0.3 is 0 Å². The second-order valence-electron chi connectivity index (χ2n) is 14.7. The summed E-state index contributed by atoms with van der Waals surface area (Å²) in [5.41, 5.74) is 0. The number of carbonyl (C=O) groups is 1. The molecule has 0 bridgehead atoms. The average Bonchev–Trinajstić information content (AvgIpc) is 3.19. The molecular formula is C51H85NO3. The van der Waals surface area contributed by atoms with Crippen molar-refractivity contribution in [1.29, 1.82) is 0 Å². The van der Waals surface area contributed by atoms with Crippen LogP contribution >= 0.6 is 0 Å². The van der Waals surface area contributed by atoms with Crippen molar-refractivity contribution < 1.29 is 15.0 Å². The molecule has 55 heavy (non-hydrogen) atoms. The molecule has 0 heterocycles. The Hall–Kier alpha value is -2.95. The first-order valence-electron chi connectivity index (χ1n) is 22.6. The second kappa shape index (κ2) is 45.4. The van der Waals surface area contributed by atoms with Gasteiger partial charge in [-0.15, -0.1) is 0 Å². The number of hydrogen-bond donors (Lipinski definition) is 3. The van der Waals surface area contributed by atoms with Gasteiger partial charge in [0.15, 0.2) is 0 Å². The summed E-state index contributed by atoms with van der Waals surface area (Å²) < 4.78 is 0. The van der Waals surface area contributed by atoms with Gasteiger partial charge in [-0.05, 0) is 96.3 Å². The number of unbranched alkanes of at least 4 members (excludes halogenated alkanes) is 16. The Balaban J connectivity index is 3.73. The van der Waals surface area contributed by atoms with Crippen LogP contribution in [0.1, 0.15) is 187 Å². The third kappa shape index (κ3) is 42.0. The van der Waals surface area contributed by atoms with Crippen LogP contribution in [0.5, 0.6) is 0 Å². The molecule has 312 valence electrons. The van der Waals surface area contributed by atoms with E-state index >= 15 is 0 Å².